The van der Waals surface area contributed by atoms with Crippen LogP contribution in [0, 0.1) is 10.1 Å². The molecule has 0 saturated carbocycles. The van der Waals surface area contributed by atoms with Crippen LogP contribution in [-0.4, -0.2) is 31.7 Å². The Hall–Kier alpha value is -3.41. The number of fused-ring (bicyclic) bond motifs is 1. The summed E-state index contributed by atoms with van der Waals surface area (Å²) in [6.45, 7) is -0.312. The first-order valence-electron chi connectivity index (χ1n) is 9.34. The maximum Gasteiger partial charge on any atom is 0.306 e. The largest absolute Gasteiger partial charge is 0.496 e. The number of ether oxygens (including phenoxy) is 2. The minimum atomic E-state index is -0.536. The Kier molecular flexibility index (Phi) is 6.44. The smallest absolute Gasteiger partial charge is 0.306 e. The van der Waals surface area contributed by atoms with Gasteiger partial charge in [-0.05, 0) is 28.0 Å². The third-order valence-electron chi connectivity index (χ3n) is 5.21. The molecule has 0 heterocycles. The Bertz CT molecular complexity index is 1010. The number of hydrogen-bond acceptors (Lipinski definition) is 5. The Morgan fingerprint density at radius 3 is 2.31 bits per heavy atom. The highest BCUT2D eigenvalue weighted by molar-refractivity contribution is 5.86. The monoisotopic (exact) mass is 393 g/mol. The molecule has 0 fully saturated rings. The zero-order valence-electron chi connectivity index (χ0n) is 16.4. The molecule has 2 atom stereocenters. The van der Waals surface area contributed by atoms with Crippen LogP contribution in [0.5, 0.6) is 5.75 Å². The molecule has 29 heavy (non-hydrogen) atoms. The van der Waals surface area contributed by atoms with Crippen LogP contribution in [0.1, 0.15) is 29.4 Å². The minimum absolute atomic E-state index is 0.0125. The molecule has 0 aliphatic carbocycles. The van der Waals surface area contributed by atoms with E-state index in [9.17, 15) is 14.9 Å². The first-order chi connectivity index (χ1) is 14.0. The van der Waals surface area contributed by atoms with Crippen LogP contribution in [-0.2, 0) is 9.53 Å². The van der Waals surface area contributed by atoms with E-state index in [1.54, 1.807) is 13.2 Å². The van der Waals surface area contributed by atoms with Gasteiger partial charge in [-0.1, -0.05) is 60.7 Å². The van der Waals surface area contributed by atoms with Crippen molar-refractivity contribution in [3.8, 4) is 5.75 Å². The molecule has 6 heteroatoms. The molecule has 150 valence electrons. The number of benzene rings is 3. The molecule has 6 nitrogen and oxygen atoms in total. The zero-order chi connectivity index (χ0) is 20.8. The summed E-state index contributed by atoms with van der Waals surface area (Å²) in [6, 6.07) is 20.9. The standard InChI is InChI=1S/C23H23NO5/c1-28-22-13-6-5-11-19(22)20(14-23(25)29-2)21(15-24(26)27)18-12-7-9-16-8-3-4-10-17(16)18/h3-13,20-21H,14-15H2,1-2H3/t20-,21+/m0/s1. The first kappa shape index (κ1) is 20.3. The van der Waals surface area contributed by atoms with Gasteiger partial charge in [-0.25, -0.2) is 0 Å². The van der Waals surface area contributed by atoms with Gasteiger partial charge in [0.1, 0.15) is 5.75 Å². The Morgan fingerprint density at radius 1 is 0.931 bits per heavy atom. The quantitative estimate of drug-likeness (QED) is 0.319. The van der Waals surface area contributed by atoms with Crippen LogP contribution in [0.15, 0.2) is 66.7 Å². The average molecular weight is 393 g/mol. The van der Waals surface area contributed by atoms with E-state index >= 15 is 0 Å². The molecule has 3 aromatic rings. The van der Waals surface area contributed by atoms with E-state index in [4.69, 9.17) is 9.47 Å². The highest BCUT2D eigenvalue weighted by atomic mass is 16.6. The van der Waals surface area contributed by atoms with Crippen LogP contribution in [0.3, 0.4) is 0 Å². The van der Waals surface area contributed by atoms with Crippen molar-refractivity contribution in [2.45, 2.75) is 18.3 Å². The Balaban J connectivity index is 2.21. The predicted octanol–water partition coefficient (Wildman–Crippen LogP) is 4.56. The number of hydrogen-bond donors (Lipinski definition) is 0. The predicted molar refractivity (Wildman–Crippen MR) is 111 cm³/mol. The maximum atomic E-state index is 12.2. The van der Waals surface area contributed by atoms with Gasteiger partial charge in [0.05, 0.1) is 26.6 Å². The number of carbonyl (C=O) groups excluding carboxylic acids is 1. The lowest BCUT2D eigenvalue weighted by molar-refractivity contribution is -0.484. The van der Waals surface area contributed by atoms with Gasteiger partial charge in [0, 0.05) is 10.8 Å². The number of nitro groups is 1. The Morgan fingerprint density at radius 2 is 1.59 bits per heavy atom. The van der Waals surface area contributed by atoms with Crippen molar-refractivity contribution in [1.29, 1.82) is 0 Å². The highest BCUT2D eigenvalue weighted by Crippen LogP contribution is 2.42. The van der Waals surface area contributed by atoms with Crippen molar-refractivity contribution in [3.63, 3.8) is 0 Å². The van der Waals surface area contributed by atoms with E-state index < -0.39 is 17.8 Å². The summed E-state index contributed by atoms with van der Waals surface area (Å²) in [4.78, 5) is 23.5. The van der Waals surface area contributed by atoms with E-state index in [-0.39, 0.29) is 17.9 Å². The SMILES string of the molecule is COC(=O)C[C@@H](c1ccccc1OC)[C@H](C[N+](=O)[O-])c1cccc2ccccc12. The van der Waals surface area contributed by atoms with E-state index in [0.717, 1.165) is 21.9 Å². The van der Waals surface area contributed by atoms with Crippen LogP contribution in [0.25, 0.3) is 10.8 Å². The molecule has 0 aliphatic heterocycles. The molecular formula is C23H23NO5. The lowest BCUT2D eigenvalue weighted by Gasteiger charge is -2.27. The second-order valence-corrected chi connectivity index (χ2v) is 6.82. The number of carbonyl (C=O) groups is 1. The molecule has 0 amide bonds. The van der Waals surface area contributed by atoms with Gasteiger partial charge in [0.2, 0.25) is 6.54 Å². The molecule has 3 rings (SSSR count). The van der Waals surface area contributed by atoms with Gasteiger partial charge in [-0.2, -0.15) is 0 Å². The summed E-state index contributed by atoms with van der Waals surface area (Å²) >= 11 is 0. The number of nitrogens with zero attached hydrogens (tertiary/aromatic N) is 1. The topological polar surface area (TPSA) is 78.7 Å². The van der Waals surface area contributed by atoms with Crippen molar-refractivity contribution in [2.75, 3.05) is 20.8 Å². The van der Waals surface area contributed by atoms with Gasteiger partial charge in [-0.3, -0.25) is 14.9 Å². The maximum absolute atomic E-state index is 12.2. The van der Waals surface area contributed by atoms with Crippen molar-refractivity contribution >= 4 is 16.7 Å². The fraction of sp³-hybridized carbons (Fsp3) is 0.261. The summed E-state index contributed by atoms with van der Waals surface area (Å²) in [5, 5.41) is 13.6. The van der Waals surface area contributed by atoms with E-state index in [1.807, 2.05) is 60.7 Å². The number of esters is 1. The fourth-order valence-corrected chi connectivity index (χ4v) is 3.88. The van der Waals surface area contributed by atoms with Gasteiger partial charge in [0.15, 0.2) is 0 Å². The Labute approximate surface area is 169 Å². The highest BCUT2D eigenvalue weighted by Gasteiger charge is 2.34. The van der Waals surface area contributed by atoms with Crippen molar-refractivity contribution < 1.29 is 19.2 Å². The molecule has 0 saturated heterocycles. The van der Waals surface area contributed by atoms with Crippen LogP contribution < -0.4 is 4.74 Å². The lowest BCUT2D eigenvalue weighted by atomic mass is 9.77. The van der Waals surface area contributed by atoms with E-state index in [1.165, 1.54) is 7.11 Å². The number of rotatable bonds is 8. The van der Waals surface area contributed by atoms with Crippen LogP contribution >= 0.6 is 0 Å². The number of methoxy groups -OCH3 is 2. The number of para-hydroxylation sites is 1. The van der Waals surface area contributed by atoms with Gasteiger partial charge >= 0.3 is 5.97 Å². The molecule has 0 radical (unpaired) electrons. The molecule has 0 N–H and O–H groups in total. The molecule has 0 aliphatic rings. The zero-order valence-corrected chi connectivity index (χ0v) is 16.4. The third-order valence-corrected chi connectivity index (χ3v) is 5.21. The van der Waals surface area contributed by atoms with Crippen LogP contribution in [0.2, 0.25) is 0 Å². The molecule has 0 spiro atoms. The second kappa shape index (κ2) is 9.19. The van der Waals surface area contributed by atoms with Crippen molar-refractivity contribution in [1.82, 2.24) is 0 Å². The summed E-state index contributed by atoms with van der Waals surface area (Å²) in [5.74, 6) is -0.842. The summed E-state index contributed by atoms with van der Waals surface area (Å²) < 4.78 is 10.4. The van der Waals surface area contributed by atoms with E-state index in [0.29, 0.717) is 5.75 Å². The molecule has 0 bridgehead atoms. The normalized spacial score (nSPS) is 12.9. The first-order valence-corrected chi connectivity index (χ1v) is 9.34. The lowest BCUT2D eigenvalue weighted by Crippen LogP contribution is -2.23. The average Bonchev–Trinajstić information content (AvgIpc) is 2.75. The molecule has 0 aromatic heterocycles. The van der Waals surface area contributed by atoms with Gasteiger partial charge in [0.25, 0.3) is 0 Å². The molecule has 0 unspecified atom stereocenters. The van der Waals surface area contributed by atoms with E-state index in [2.05, 4.69) is 0 Å². The minimum Gasteiger partial charge on any atom is -0.496 e. The summed E-state index contributed by atoms with van der Waals surface area (Å²) in [6.07, 6.45) is 0.0125. The van der Waals surface area contributed by atoms with Crippen LogP contribution in [0.4, 0.5) is 0 Å². The molecular weight excluding hydrogens is 370 g/mol. The molecule has 3 aromatic carbocycles. The van der Waals surface area contributed by atoms with Crippen molar-refractivity contribution in [3.05, 3.63) is 88.0 Å². The van der Waals surface area contributed by atoms with Gasteiger partial charge in [-0.15, -0.1) is 0 Å². The third kappa shape index (κ3) is 4.54. The van der Waals surface area contributed by atoms with Crippen molar-refractivity contribution in [2.24, 2.45) is 0 Å². The fourth-order valence-electron chi connectivity index (χ4n) is 3.88. The summed E-state index contributed by atoms with van der Waals surface area (Å²) in [7, 11) is 2.87. The second-order valence-electron chi connectivity index (χ2n) is 6.82. The summed E-state index contributed by atoms with van der Waals surface area (Å²) in [5.41, 5.74) is 1.58. The van der Waals surface area contributed by atoms with Gasteiger partial charge < -0.3 is 9.47 Å².